The zero-order chi connectivity index (χ0) is 13.0. The molecule has 0 atom stereocenters. The van der Waals surface area contributed by atoms with E-state index < -0.39 is 18.0 Å². The Morgan fingerprint density at radius 2 is 2.18 bits per heavy atom. The summed E-state index contributed by atoms with van der Waals surface area (Å²) < 4.78 is 34.9. The van der Waals surface area contributed by atoms with E-state index in [4.69, 9.17) is 16.3 Å². The van der Waals surface area contributed by atoms with Gasteiger partial charge in [-0.05, 0) is 0 Å². The van der Waals surface area contributed by atoms with Crippen LogP contribution in [0.1, 0.15) is 17.7 Å². The number of rotatable bonds is 4. The number of carbonyl (C=O) groups is 1. The number of nitrogens with zero attached hydrogens (tertiary/aromatic N) is 1. The minimum absolute atomic E-state index is 0.0230. The molecule has 0 N–H and O–H groups in total. The summed E-state index contributed by atoms with van der Waals surface area (Å²) in [5.41, 5.74) is -0.585. The third-order valence-electron chi connectivity index (χ3n) is 2.05. The van der Waals surface area contributed by atoms with E-state index in [1.54, 1.807) is 0 Å². The Kier molecular flexibility index (Phi) is 4.62. The molecule has 7 heteroatoms. The Labute approximate surface area is 101 Å². The summed E-state index contributed by atoms with van der Waals surface area (Å²) in [5, 5.41) is -0.0230. The summed E-state index contributed by atoms with van der Waals surface area (Å²) in [7, 11) is 2.39. The summed E-state index contributed by atoms with van der Waals surface area (Å²) in [5.74, 6) is -0.775. The van der Waals surface area contributed by atoms with E-state index in [2.05, 4.69) is 9.72 Å². The Balaban J connectivity index is 3.25. The molecule has 17 heavy (non-hydrogen) atoms. The Morgan fingerprint density at radius 3 is 2.65 bits per heavy atom. The summed E-state index contributed by atoms with van der Waals surface area (Å²) in [4.78, 5) is 14.8. The minimum atomic E-state index is -2.81. The third kappa shape index (κ3) is 3.26. The van der Waals surface area contributed by atoms with Crippen LogP contribution in [0.4, 0.5) is 8.78 Å². The fourth-order valence-electron chi connectivity index (χ4n) is 1.30. The average Bonchev–Trinajstić information content (AvgIpc) is 2.27. The molecule has 1 rings (SSSR count). The van der Waals surface area contributed by atoms with Gasteiger partial charge >= 0.3 is 5.97 Å². The Hall–Kier alpha value is -1.43. The molecule has 1 aromatic heterocycles. The normalized spacial score (nSPS) is 10.5. The van der Waals surface area contributed by atoms with E-state index in [1.165, 1.54) is 13.2 Å². The lowest BCUT2D eigenvalue weighted by Gasteiger charge is -2.12. The van der Waals surface area contributed by atoms with Crippen LogP contribution in [0.5, 0.6) is 5.75 Å². The monoisotopic (exact) mass is 265 g/mol. The van der Waals surface area contributed by atoms with E-state index in [9.17, 15) is 13.6 Å². The highest BCUT2D eigenvalue weighted by Gasteiger charge is 2.23. The molecule has 0 spiro atoms. The van der Waals surface area contributed by atoms with Gasteiger partial charge in [0, 0.05) is 6.07 Å². The maximum Gasteiger partial charge on any atom is 0.311 e. The van der Waals surface area contributed by atoms with E-state index in [-0.39, 0.29) is 23.0 Å². The van der Waals surface area contributed by atoms with Crippen molar-refractivity contribution in [3.63, 3.8) is 0 Å². The number of hydrogen-bond acceptors (Lipinski definition) is 4. The van der Waals surface area contributed by atoms with E-state index >= 15 is 0 Å². The first-order chi connectivity index (χ1) is 7.99. The van der Waals surface area contributed by atoms with E-state index in [0.717, 1.165) is 7.11 Å². The number of pyridine rings is 1. The second-order valence-electron chi connectivity index (χ2n) is 3.06. The fourth-order valence-corrected chi connectivity index (χ4v) is 1.50. The predicted molar refractivity (Wildman–Crippen MR) is 56.5 cm³/mol. The standard InChI is InChI=1S/C10H10ClF2NO3/c1-16-6-4-7(11)14-5(3-8(15)17-2)9(6)10(12)13/h4,10H,3H2,1-2H3. The molecule has 94 valence electrons. The summed E-state index contributed by atoms with van der Waals surface area (Å²) in [6.07, 6.45) is -3.19. The van der Waals surface area contributed by atoms with Crippen LogP contribution >= 0.6 is 11.6 Å². The fraction of sp³-hybridized carbons (Fsp3) is 0.400. The quantitative estimate of drug-likeness (QED) is 0.620. The molecule has 0 unspecified atom stereocenters. The zero-order valence-electron chi connectivity index (χ0n) is 9.17. The number of hydrogen-bond donors (Lipinski definition) is 0. The molecular weight excluding hydrogens is 256 g/mol. The van der Waals surface area contributed by atoms with Crippen LogP contribution < -0.4 is 4.74 Å². The molecular formula is C10H10ClF2NO3. The number of ether oxygens (including phenoxy) is 2. The first kappa shape index (κ1) is 13.6. The van der Waals surface area contributed by atoms with Crippen LogP contribution in [-0.2, 0) is 16.0 Å². The molecule has 1 heterocycles. The molecule has 0 saturated carbocycles. The van der Waals surface area contributed by atoms with Gasteiger partial charge < -0.3 is 9.47 Å². The maximum absolute atomic E-state index is 12.8. The molecule has 0 bridgehead atoms. The molecule has 0 aliphatic carbocycles. The van der Waals surface area contributed by atoms with Crippen molar-refractivity contribution in [1.29, 1.82) is 0 Å². The lowest BCUT2D eigenvalue weighted by molar-refractivity contribution is -0.139. The van der Waals surface area contributed by atoms with Crippen LogP contribution in [0.15, 0.2) is 6.07 Å². The summed E-state index contributed by atoms with van der Waals surface area (Å²) in [6.45, 7) is 0. The highest BCUT2D eigenvalue weighted by Crippen LogP contribution is 2.33. The van der Waals surface area contributed by atoms with Crippen LogP contribution in [0.3, 0.4) is 0 Å². The first-order valence-electron chi connectivity index (χ1n) is 4.57. The van der Waals surface area contributed by atoms with Crippen molar-refractivity contribution < 1.29 is 23.0 Å². The summed E-state index contributed by atoms with van der Waals surface area (Å²) >= 11 is 5.64. The maximum atomic E-state index is 12.8. The van der Waals surface area contributed by atoms with Crippen LogP contribution in [-0.4, -0.2) is 25.2 Å². The van der Waals surface area contributed by atoms with Gasteiger partial charge in [-0.3, -0.25) is 4.79 Å². The number of alkyl halides is 2. The number of methoxy groups -OCH3 is 2. The molecule has 0 saturated heterocycles. The third-order valence-corrected chi connectivity index (χ3v) is 2.24. The molecule has 0 aliphatic rings. The van der Waals surface area contributed by atoms with E-state index in [0.29, 0.717) is 0 Å². The van der Waals surface area contributed by atoms with Gasteiger partial charge in [0.05, 0.1) is 31.9 Å². The number of aromatic nitrogens is 1. The van der Waals surface area contributed by atoms with E-state index in [1.807, 2.05) is 0 Å². The molecule has 0 amide bonds. The number of esters is 1. The SMILES string of the molecule is COC(=O)Cc1nc(Cl)cc(OC)c1C(F)F. The van der Waals surface area contributed by atoms with Crippen molar-refractivity contribution in [1.82, 2.24) is 4.98 Å². The lowest BCUT2D eigenvalue weighted by Crippen LogP contribution is -2.10. The predicted octanol–water partition coefficient (Wildman–Crippen LogP) is 2.40. The number of carbonyl (C=O) groups excluding carboxylic acids is 1. The average molecular weight is 266 g/mol. The topological polar surface area (TPSA) is 48.4 Å². The lowest BCUT2D eigenvalue weighted by atomic mass is 10.1. The van der Waals surface area contributed by atoms with Crippen LogP contribution in [0.25, 0.3) is 0 Å². The van der Waals surface area contributed by atoms with Gasteiger partial charge in [0.15, 0.2) is 0 Å². The smallest absolute Gasteiger partial charge is 0.311 e. The van der Waals surface area contributed by atoms with Crippen molar-refractivity contribution in [3.8, 4) is 5.75 Å². The highest BCUT2D eigenvalue weighted by atomic mass is 35.5. The first-order valence-corrected chi connectivity index (χ1v) is 4.95. The largest absolute Gasteiger partial charge is 0.496 e. The van der Waals surface area contributed by atoms with Gasteiger partial charge in [0.1, 0.15) is 10.9 Å². The van der Waals surface area contributed by atoms with Crippen LogP contribution in [0, 0.1) is 0 Å². The second-order valence-corrected chi connectivity index (χ2v) is 3.45. The molecule has 1 aromatic rings. The Morgan fingerprint density at radius 1 is 1.53 bits per heavy atom. The highest BCUT2D eigenvalue weighted by molar-refractivity contribution is 6.29. The van der Waals surface area contributed by atoms with Gasteiger partial charge in [0.25, 0.3) is 6.43 Å². The molecule has 0 aliphatic heterocycles. The molecule has 4 nitrogen and oxygen atoms in total. The van der Waals surface area contributed by atoms with Gasteiger partial charge in [-0.15, -0.1) is 0 Å². The van der Waals surface area contributed by atoms with Crippen molar-refractivity contribution in [3.05, 3.63) is 22.5 Å². The van der Waals surface area contributed by atoms with Crippen molar-refractivity contribution in [2.24, 2.45) is 0 Å². The number of halogens is 3. The molecule has 0 radical (unpaired) electrons. The van der Waals surface area contributed by atoms with Crippen LogP contribution in [0.2, 0.25) is 5.15 Å². The van der Waals surface area contributed by atoms with Gasteiger partial charge in [0.2, 0.25) is 0 Å². The molecule has 0 aromatic carbocycles. The second kappa shape index (κ2) is 5.77. The van der Waals surface area contributed by atoms with Gasteiger partial charge in [-0.2, -0.15) is 0 Å². The van der Waals surface area contributed by atoms with Crippen molar-refractivity contribution in [2.45, 2.75) is 12.8 Å². The van der Waals surface area contributed by atoms with Crippen molar-refractivity contribution >= 4 is 17.6 Å². The zero-order valence-corrected chi connectivity index (χ0v) is 9.92. The summed E-state index contributed by atoms with van der Waals surface area (Å²) in [6, 6.07) is 1.17. The van der Waals surface area contributed by atoms with Gasteiger partial charge in [-0.25, -0.2) is 13.8 Å². The Bertz CT molecular complexity index is 426. The van der Waals surface area contributed by atoms with Gasteiger partial charge in [-0.1, -0.05) is 11.6 Å². The molecule has 0 fully saturated rings. The van der Waals surface area contributed by atoms with Crippen molar-refractivity contribution in [2.75, 3.05) is 14.2 Å². The minimum Gasteiger partial charge on any atom is -0.496 e.